The standard InChI is InChI=1S/C12H20N2O2/c1-9-12(10(2)16-13-9)8-14-5-3-11(7-14)4-6-15/h11,15H,3-8H2,1-2H3. The highest BCUT2D eigenvalue weighted by molar-refractivity contribution is 5.20. The zero-order valence-electron chi connectivity index (χ0n) is 10.1. The van der Waals surface area contributed by atoms with Gasteiger partial charge in [0.2, 0.25) is 0 Å². The Labute approximate surface area is 96.2 Å². The fraction of sp³-hybridized carbons (Fsp3) is 0.750. The van der Waals surface area contributed by atoms with Crippen LogP contribution in [0.5, 0.6) is 0 Å². The first kappa shape index (κ1) is 11.6. The molecule has 0 radical (unpaired) electrons. The zero-order chi connectivity index (χ0) is 11.5. The Morgan fingerprint density at radius 1 is 1.50 bits per heavy atom. The summed E-state index contributed by atoms with van der Waals surface area (Å²) in [7, 11) is 0. The van der Waals surface area contributed by atoms with Crippen LogP contribution in [0.25, 0.3) is 0 Å². The Balaban J connectivity index is 1.92. The summed E-state index contributed by atoms with van der Waals surface area (Å²) in [6, 6.07) is 0. The van der Waals surface area contributed by atoms with Crippen LogP contribution in [0, 0.1) is 19.8 Å². The van der Waals surface area contributed by atoms with Crippen molar-refractivity contribution in [2.75, 3.05) is 19.7 Å². The van der Waals surface area contributed by atoms with E-state index in [-0.39, 0.29) is 0 Å². The molecule has 1 unspecified atom stereocenters. The van der Waals surface area contributed by atoms with Gasteiger partial charge in [-0.3, -0.25) is 4.90 Å². The summed E-state index contributed by atoms with van der Waals surface area (Å²) in [6.07, 6.45) is 2.13. The normalized spacial score (nSPS) is 21.8. The van der Waals surface area contributed by atoms with Crippen LogP contribution >= 0.6 is 0 Å². The number of aliphatic hydroxyl groups excluding tert-OH is 1. The van der Waals surface area contributed by atoms with Gasteiger partial charge < -0.3 is 9.63 Å². The maximum atomic E-state index is 8.91. The van der Waals surface area contributed by atoms with Crippen LogP contribution in [-0.4, -0.2) is 34.9 Å². The molecule has 4 heteroatoms. The summed E-state index contributed by atoms with van der Waals surface area (Å²) >= 11 is 0. The number of likely N-dealkylation sites (tertiary alicyclic amines) is 1. The molecule has 4 nitrogen and oxygen atoms in total. The first-order valence-electron chi connectivity index (χ1n) is 5.95. The quantitative estimate of drug-likeness (QED) is 0.842. The van der Waals surface area contributed by atoms with Gasteiger partial charge in [0.15, 0.2) is 0 Å². The fourth-order valence-electron chi connectivity index (χ4n) is 2.43. The summed E-state index contributed by atoms with van der Waals surface area (Å²) in [5.74, 6) is 1.59. The Bertz CT molecular complexity index is 329. The molecule has 0 bridgehead atoms. The average Bonchev–Trinajstić information content (AvgIpc) is 2.81. The van der Waals surface area contributed by atoms with E-state index < -0.39 is 0 Å². The smallest absolute Gasteiger partial charge is 0.138 e. The number of nitrogens with zero attached hydrogens (tertiary/aromatic N) is 2. The highest BCUT2D eigenvalue weighted by Crippen LogP contribution is 2.23. The Kier molecular flexibility index (Phi) is 3.61. The lowest BCUT2D eigenvalue weighted by Gasteiger charge is -2.15. The van der Waals surface area contributed by atoms with Crippen molar-refractivity contribution < 1.29 is 9.63 Å². The molecule has 1 aliphatic rings. The van der Waals surface area contributed by atoms with E-state index >= 15 is 0 Å². The minimum Gasteiger partial charge on any atom is -0.396 e. The van der Waals surface area contributed by atoms with Crippen LogP contribution in [-0.2, 0) is 6.54 Å². The van der Waals surface area contributed by atoms with E-state index in [1.807, 2.05) is 13.8 Å². The Hall–Kier alpha value is -0.870. The first-order chi connectivity index (χ1) is 7.70. The van der Waals surface area contributed by atoms with Gasteiger partial charge in [-0.2, -0.15) is 0 Å². The lowest BCUT2D eigenvalue weighted by molar-refractivity contribution is 0.249. The average molecular weight is 224 g/mol. The molecule has 0 aromatic carbocycles. The number of hydrogen-bond acceptors (Lipinski definition) is 4. The molecule has 0 spiro atoms. The van der Waals surface area contributed by atoms with Crippen LogP contribution in [0.2, 0.25) is 0 Å². The van der Waals surface area contributed by atoms with Gasteiger partial charge in [0, 0.05) is 25.3 Å². The van der Waals surface area contributed by atoms with Gasteiger partial charge in [-0.1, -0.05) is 5.16 Å². The maximum Gasteiger partial charge on any atom is 0.138 e. The molecule has 1 fully saturated rings. The minimum atomic E-state index is 0.309. The summed E-state index contributed by atoms with van der Waals surface area (Å²) in [4.78, 5) is 2.42. The largest absolute Gasteiger partial charge is 0.396 e. The first-order valence-corrected chi connectivity index (χ1v) is 5.95. The zero-order valence-corrected chi connectivity index (χ0v) is 10.1. The fourth-order valence-corrected chi connectivity index (χ4v) is 2.43. The molecule has 0 amide bonds. The Morgan fingerprint density at radius 2 is 2.31 bits per heavy atom. The predicted molar refractivity (Wildman–Crippen MR) is 61.1 cm³/mol. The molecule has 1 atom stereocenters. The van der Waals surface area contributed by atoms with Gasteiger partial charge in [0.25, 0.3) is 0 Å². The van der Waals surface area contributed by atoms with E-state index in [9.17, 15) is 0 Å². The van der Waals surface area contributed by atoms with Gasteiger partial charge in [0.05, 0.1) is 5.69 Å². The molecule has 0 aliphatic carbocycles. The summed E-state index contributed by atoms with van der Waals surface area (Å²) in [5.41, 5.74) is 2.23. The third-order valence-corrected chi connectivity index (χ3v) is 3.47. The lowest BCUT2D eigenvalue weighted by Crippen LogP contribution is -2.21. The highest BCUT2D eigenvalue weighted by Gasteiger charge is 2.23. The highest BCUT2D eigenvalue weighted by atomic mass is 16.5. The van der Waals surface area contributed by atoms with E-state index in [4.69, 9.17) is 9.63 Å². The molecule has 0 saturated carbocycles. The van der Waals surface area contributed by atoms with Crippen molar-refractivity contribution >= 4 is 0 Å². The molecule has 2 heterocycles. The van der Waals surface area contributed by atoms with Crippen molar-refractivity contribution in [2.45, 2.75) is 33.2 Å². The lowest BCUT2D eigenvalue weighted by atomic mass is 10.1. The van der Waals surface area contributed by atoms with Gasteiger partial charge in [-0.15, -0.1) is 0 Å². The van der Waals surface area contributed by atoms with E-state index in [0.717, 1.165) is 37.5 Å². The van der Waals surface area contributed by atoms with E-state index in [0.29, 0.717) is 12.5 Å². The molecule has 1 N–H and O–H groups in total. The predicted octanol–water partition coefficient (Wildman–Crippen LogP) is 1.50. The third kappa shape index (κ3) is 2.44. The van der Waals surface area contributed by atoms with Gasteiger partial charge in [-0.05, 0) is 39.2 Å². The van der Waals surface area contributed by atoms with Crippen LogP contribution in [0.15, 0.2) is 4.52 Å². The number of hydrogen-bond donors (Lipinski definition) is 1. The molecule has 1 aromatic rings. The van der Waals surface area contributed by atoms with Gasteiger partial charge >= 0.3 is 0 Å². The molecule has 1 saturated heterocycles. The monoisotopic (exact) mass is 224 g/mol. The number of aryl methyl sites for hydroxylation is 2. The van der Waals surface area contributed by atoms with Crippen molar-refractivity contribution in [1.82, 2.24) is 10.1 Å². The van der Waals surface area contributed by atoms with E-state index in [1.165, 1.54) is 12.0 Å². The number of aliphatic hydroxyl groups is 1. The molecule has 2 rings (SSSR count). The second kappa shape index (κ2) is 4.97. The molecule has 1 aromatic heterocycles. The third-order valence-electron chi connectivity index (χ3n) is 3.47. The van der Waals surface area contributed by atoms with Crippen molar-refractivity contribution in [3.63, 3.8) is 0 Å². The molecular formula is C12H20N2O2. The van der Waals surface area contributed by atoms with Crippen LogP contribution in [0.1, 0.15) is 29.9 Å². The van der Waals surface area contributed by atoms with Crippen molar-refractivity contribution in [3.05, 3.63) is 17.0 Å². The minimum absolute atomic E-state index is 0.309. The van der Waals surface area contributed by atoms with Crippen LogP contribution < -0.4 is 0 Å². The van der Waals surface area contributed by atoms with E-state index in [2.05, 4.69) is 10.1 Å². The Morgan fingerprint density at radius 3 is 2.94 bits per heavy atom. The molecule has 16 heavy (non-hydrogen) atoms. The summed E-state index contributed by atoms with van der Waals surface area (Å²) in [6.45, 7) is 7.41. The number of rotatable bonds is 4. The number of aromatic nitrogens is 1. The maximum absolute atomic E-state index is 8.91. The summed E-state index contributed by atoms with van der Waals surface area (Å²) < 4.78 is 5.16. The SMILES string of the molecule is Cc1noc(C)c1CN1CCC(CCO)C1. The van der Waals surface area contributed by atoms with E-state index in [1.54, 1.807) is 0 Å². The van der Waals surface area contributed by atoms with Crippen LogP contribution in [0.3, 0.4) is 0 Å². The second-order valence-corrected chi connectivity index (χ2v) is 4.70. The van der Waals surface area contributed by atoms with Gasteiger partial charge in [-0.25, -0.2) is 0 Å². The van der Waals surface area contributed by atoms with Crippen molar-refractivity contribution in [1.29, 1.82) is 0 Å². The van der Waals surface area contributed by atoms with Gasteiger partial charge in [0.1, 0.15) is 5.76 Å². The topological polar surface area (TPSA) is 49.5 Å². The van der Waals surface area contributed by atoms with Crippen molar-refractivity contribution in [3.8, 4) is 0 Å². The molecule has 1 aliphatic heterocycles. The molecular weight excluding hydrogens is 204 g/mol. The van der Waals surface area contributed by atoms with Crippen molar-refractivity contribution in [2.24, 2.45) is 5.92 Å². The van der Waals surface area contributed by atoms with Crippen LogP contribution in [0.4, 0.5) is 0 Å². The molecule has 90 valence electrons. The summed E-state index contributed by atoms with van der Waals surface area (Å²) in [5, 5.41) is 12.9. The second-order valence-electron chi connectivity index (χ2n) is 4.70.